The van der Waals surface area contributed by atoms with Gasteiger partial charge in [-0.1, -0.05) is 0 Å². The van der Waals surface area contributed by atoms with Crippen LogP contribution in [0.2, 0.25) is 0 Å². The zero-order valence-corrected chi connectivity index (χ0v) is 29.0. The molecule has 0 radical (unpaired) electrons. The smallest absolute Gasteiger partial charge is 0.342 e. The van der Waals surface area contributed by atoms with E-state index in [1.54, 1.807) is 20.8 Å². The lowest BCUT2D eigenvalue weighted by molar-refractivity contribution is 0.0513. The number of aromatic hydroxyl groups is 1. The number of aromatic carboxylic acids is 1. The van der Waals surface area contributed by atoms with E-state index in [1.165, 1.54) is 57.7 Å². The van der Waals surface area contributed by atoms with Crippen molar-refractivity contribution in [1.82, 2.24) is 0 Å². The quantitative estimate of drug-likeness (QED) is 0.107. The summed E-state index contributed by atoms with van der Waals surface area (Å²) in [5.74, 6) is -1.40. The number of methoxy groups -OCH3 is 3. The number of benzene rings is 3. The average Bonchev–Trinajstić information content (AvgIpc) is 3.77. The van der Waals surface area contributed by atoms with Crippen molar-refractivity contribution < 1.29 is 71.0 Å². The van der Waals surface area contributed by atoms with Gasteiger partial charge in [0.15, 0.2) is 46.0 Å². The first-order chi connectivity index (χ1) is 25.0. The summed E-state index contributed by atoms with van der Waals surface area (Å²) in [6.07, 6.45) is 0. The molecule has 52 heavy (non-hydrogen) atoms. The van der Waals surface area contributed by atoms with Crippen molar-refractivity contribution in [2.24, 2.45) is 0 Å². The van der Waals surface area contributed by atoms with Crippen molar-refractivity contribution in [3.05, 3.63) is 70.4 Å². The van der Waals surface area contributed by atoms with Crippen LogP contribution in [0.4, 0.5) is 0 Å². The van der Waals surface area contributed by atoms with E-state index in [2.05, 4.69) is 0 Å². The highest BCUT2D eigenvalue weighted by molar-refractivity contribution is 6.07. The van der Waals surface area contributed by atoms with E-state index >= 15 is 0 Å². The van der Waals surface area contributed by atoms with E-state index < -0.39 is 17.9 Å². The molecule has 6 rings (SSSR count). The number of phenolic OH excluding ortho intramolecular Hbond substituents is 1. The fourth-order valence-corrected chi connectivity index (χ4v) is 5.86. The Morgan fingerprint density at radius 1 is 0.596 bits per heavy atom. The van der Waals surface area contributed by atoms with Gasteiger partial charge in [-0.2, -0.15) is 0 Å². The average molecular weight is 719 g/mol. The van der Waals surface area contributed by atoms with Crippen LogP contribution in [0.25, 0.3) is 32.9 Å². The molecule has 0 fully saturated rings. The summed E-state index contributed by atoms with van der Waals surface area (Å²) in [7, 11) is 4.22. The van der Waals surface area contributed by atoms with Gasteiger partial charge in [-0.15, -0.1) is 0 Å². The number of carbonyl (C=O) groups excluding carboxylic acids is 2. The Bertz CT molecular complexity index is 2340. The summed E-state index contributed by atoms with van der Waals surface area (Å²) in [5.41, 5.74) is 0.872. The Hall–Kier alpha value is -6.51. The molecule has 272 valence electrons. The van der Waals surface area contributed by atoms with Crippen LogP contribution >= 0.6 is 0 Å². The number of esters is 2. The highest BCUT2D eigenvalue weighted by atomic mass is 16.5. The topological polar surface area (TPSA) is 196 Å². The minimum absolute atomic E-state index is 0.0204. The van der Waals surface area contributed by atoms with E-state index in [0.29, 0.717) is 21.7 Å². The number of fused-ring (bicyclic) bond motifs is 3. The Balaban J connectivity index is 1.38. The lowest BCUT2D eigenvalue weighted by Crippen LogP contribution is -2.09. The molecular weight excluding hydrogens is 684 g/mol. The van der Waals surface area contributed by atoms with Crippen molar-refractivity contribution in [1.29, 1.82) is 0 Å². The van der Waals surface area contributed by atoms with Gasteiger partial charge < -0.3 is 56.6 Å². The van der Waals surface area contributed by atoms with Crippen molar-refractivity contribution in [3.63, 3.8) is 0 Å². The summed E-state index contributed by atoms with van der Waals surface area (Å²) in [6.45, 7) is 4.44. The molecule has 0 aliphatic carbocycles. The van der Waals surface area contributed by atoms with Gasteiger partial charge in [-0.05, 0) is 39.0 Å². The zero-order valence-electron chi connectivity index (χ0n) is 29.0. The standard InChI is InChI=1S/C37H34O15/c1-7-46-36(41)33-18-9-21(38)25(43-4)12-23(18)51-30(33)15-49-29-11-20-24(14-27(29)45-6)52-31(34(20)37(42)47-8-2)16-48-28-10-19-22(13-26(28)44-5)50-17(3)32(19)35(39)40/h9-14,38H,7-8,15-16H2,1-6H3,(H,39,40). The van der Waals surface area contributed by atoms with Gasteiger partial charge in [0.2, 0.25) is 0 Å². The normalized spacial score (nSPS) is 11.2. The van der Waals surface area contributed by atoms with E-state index in [4.69, 9.17) is 46.4 Å². The monoisotopic (exact) mass is 718 g/mol. The third-order valence-corrected chi connectivity index (χ3v) is 8.15. The number of carboxylic acid groups (broad SMARTS) is 1. The second kappa shape index (κ2) is 14.4. The summed E-state index contributed by atoms with van der Waals surface area (Å²) < 4.78 is 56.7. The van der Waals surface area contributed by atoms with Crippen molar-refractivity contribution >= 4 is 50.8 Å². The number of hydrogen-bond donors (Lipinski definition) is 2. The minimum atomic E-state index is -1.17. The Kier molecular flexibility index (Phi) is 9.77. The molecule has 3 aromatic heterocycles. The first-order valence-corrected chi connectivity index (χ1v) is 15.9. The van der Waals surface area contributed by atoms with Crippen molar-refractivity contribution in [3.8, 4) is 34.5 Å². The van der Waals surface area contributed by atoms with Crippen LogP contribution in [0, 0.1) is 6.92 Å². The minimum Gasteiger partial charge on any atom is -0.504 e. The fraction of sp³-hybridized carbons (Fsp3) is 0.270. The van der Waals surface area contributed by atoms with E-state index in [-0.39, 0.29) is 106 Å². The molecule has 15 heteroatoms. The number of ether oxygens (including phenoxy) is 7. The number of phenols is 1. The van der Waals surface area contributed by atoms with Gasteiger partial charge in [-0.3, -0.25) is 0 Å². The molecule has 3 aromatic carbocycles. The van der Waals surface area contributed by atoms with E-state index in [0.717, 1.165) is 0 Å². The van der Waals surface area contributed by atoms with E-state index in [9.17, 15) is 24.6 Å². The lowest BCUT2D eigenvalue weighted by atomic mass is 10.1. The van der Waals surface area contributed by atoms with Crippen LogP contribution in [0.1, 0.15) is 62.2 Å². The third kappa shape index (κ3) is 6.32. The second-order valence-corrected chi connectivity index (χ2v) is 11.2. The molecule has 2 N–H and O–H groups in total. The first-order valence-electron chi connectivity index (χ1n) is 15.9. The van der Waals surface area contributed by atoms with Crippen LogP contribution < -0.4 is 23.7 Å². The molecule has 0 saturated heterocycles. The molecule has 0 aliphatic heterocycles. The molecule has 15 nitrogen and oxygen atoms in total. The molecule has 0 atom stereocenters. The summed E-state index contributed by atoms with van der Waals surface area (Å²) in [5, 5.41) is 21.0. The lowest BCUT2D eigenvalue weighted by Gasteiger charge is -2.11. The largest absolute Gasteiger partial charge is 0.504 e. The number of aryl methyl sites for hydroxylation is 1. The number of rotatable bonds is 14. The van der Waals surface area contributed by atoms with Gasteiger partial charge in [-0.25, -0.2) is 14.4 Å². The molecule has 0 amide bonds. The first kappa shape index (κ1) is 35.3. The summed E-state index contributed by atoms with van der Waals surface area (Å²) in [6, 6.07) is 8.82. The van der Waals surface area contributed by atoms with Gasteiger partial charge in [0, 0.05) is 34.4 Å². The number of carbonyl (C=O) groups is 3. The summed E-state index contributed by atoms with van der Waals surface area (Å²) in [4.78, 5) is 38.3. The zero-order chi connectivity index (χ0) is 37.3. The van der Waals surface area contributed by atoms with Gasteiger partial charge in [0.1, 0.15) is 52.4 Å². The number of carboxylic acids is 1. The maximum atomic E-state index is 13.4. The number of furan rings is 3. The van der Waals surface area contributed by atoms with Crippen LogP contribution in [0.15, 0.2) is 49.6 Å². The van der Waals surface area contributed by atoms with Crippen LogP contribution in [0.3, 0.4) is 0 Å². The highest BCUT2D eigenvalue weighted by Crippen LogP contribution is 2.41. The fourth-order valence-electron chi connectivity index (χ4n) is 5.86. The van der Waals surface area contributed by atoms with Gasteiger partial charge >= 0.3 is 17.9 Å². The maximum Gasteiger partial charge on any atom is 0.342 e. The molecular formula is C37H34O15. The van der Waals surface area contributed by atoms with Gasteiger partial charge in [0.05, 0.1) is 34.5 Å². The Labute approximate surface area is 295 Å². The molecule has 0 saturated carbocycles. The molecule has 0 unspecified atom stereocenters. The SMILES string of the molecule is CCOC(=O)c1c(COc2cc3c(C(=O)OCC)c(COc4cc5c(C(=O)O)c(C)oc5cc4OC)oc3cc2OC)oc2cc(OC)c(O)cc12. The molecule has 0 bridgehead atoms. The molecule has 0 spiro atoms. The molecule has 6 aromatic rings. The second-order valence-electron chi connectivity index (χ2n) is 11.2. The number of hydrogen-bond acceptors (Lipinski definition) is 14. The van der Waals surface area contributed by atoms with Crippen molar-refractivity contribution in [2.75, 3.05) is 34.5 Å². The Morgan fingerprint density at radius 2 is 1.02 bits per heavy atom. The Morgan fingerprint density at radius 3 is 1.46 bits per heavy atom. The van der Waals surface area contributed by atoms with Gasteiger partial charge in [0.25, 0.3) is 0 Å². The van der Waals surface area contributed by atoms with Crippen LogP contribution in [-0.2, 0) is 22.7 Å². The highest BCUT2D eigenvalue weighted by Gasteiger charge is 2.28. The van der Waals surface area contributed by atoms with E-state index in [1.807, 2.05) is 0 Å². The van der Waals surface area contributed by atoms with Crippen LogP contribution in [0.5, 0.6) is 34.5 Å². The molecule has 3 heterocycles. The summed E-state index contributed by atoms with van der Waals surface area (Å²) >= 11 is 0. The predicted octanol–water partition coefficient (Wildman–Crippen LogP) is 7.17. The molecule has 0 aliphatic rings. The van der Waals surface area contributed by atoms with Crippen LogP contribution in [-0.4, -0.2) is 62.7 Å². The predicted molar refractivity (Wildman–Crippen MR) is 182 cm³/mol. The maximum absolute atomic E-state index is 13.4. The third-order valence-electron chi connectivity index (χ3n) is 8.15. The van der Waals surface area contributed by atoms with Crippen molar-refractivity contribution in [2.45, 2.75) is 34.0 Å².